The van der Waals surface area contributed by atoms with E-state index < -0.39 is 120 Å². The third kappa shape index (κ3) is 18.3. The summed E-state index contributed by atoms with van der Waals surface area (Å²) in [4.78, 5) is 0. The molecule has 0 aromatic heterocycles. The molecule has 0 saturated carbocycles. The summed E-state index contributed by atoms with van der Waals surface area (Å²) in [6, 6.07) is 0. The average molecular weight is 848 g/mol. The van der Waals surface area contributed by atoms with Crippen LogP contribution in [0.1, 0.15) is 0 Å². The van der Waals surface area contributed by atoms with E-state index in [9.17, 15) is 5.11 Å². The van der Waals surface area contributed by atoms with E-state index in [2.05, 4.69) is 137 Å². The van der Waals surface area contributed by atoms with Crippen LogP contribution in [0.3, 0.4) is 0 Å². The maximum atomic E-state index is 11.5. The SMILES string of the molecule is C[Si](C)(C)OC[C@H]1OC(OC[C@H]2O[C@@H](O)[C@H](O[Si](C)(C)C)[C@@H](O[Si](C)(C)C)[C@@H]2O[Si](C)(C)C)[C@H](O[Si](C)(C)C)[C@@H](O[Si](C)(C)C)[C@@H]1O[Si](C)(C)C. The van der Waals surface area contributed by atoms with E-state index in [0.29, 0.717) is 6.61 Å². The van der Waals surface area contributed by atoms with Crippen molar-refractivity contribution in [3.05, 3.63) is 0 Å². The summed E-state index contributed by atoms with van der Waals surface area (Å²) in [6.45, 7) is 45.8. The summed E-state index contributed by atoms with van der Waals surface area (Å²) < 4.78 is 67.8. The van der Waals surface area contributed by atoms with Gasteiger partial charge in [-0.15, -0.1) is 0 Å². The van der Waals surface area contributed by atoms with Crippen LogP contribution in [0.15, 0.2) is 0 Å². The molecule has 0 aromatic carbocycles. The molecule has 10 atom stereocenters. The topological polar surface area (TPSA) is 113 Å². The second-order valence-electron chi connectivity index (χ2n) is 21.0. The number of aliphatic hydroxyl groups excluding tert-OH is 1. The van der Waals surface area contributed by atoms with Gasteiger partial charge in [-0.25, -0.2) is 0 Å². The van der Waals surface area contributed by atoms with Crippen LogP contribution in [0.5, 0.6) is 0 Å². The van der Waals surface area contributed by atoms with Crippen LogP contribution in [0.4, 0.5) is 0 Å². The Labute approximate surface area is 319 Å². The monoisotopic (exact) mass is 846 g/mol. The van der Waals surface area contributed by atoms with E-state index >= 15 is 0 Å². The first-order valence-electron chi connectivity index (χ1n) is 18.8. The normalized spacial score (nSPS) is 32.4. The minimum absolute atomic E-state index is 0.0778. The summed E-state index contributed by atoms with van der Waals surface area (Å²) in [7, 11) is -14.7. The molecule has 0 bridgehead atoms. The van der Waals surface area contributed by atoms with Crippen LogP contribution >= 0.6 is 0 Å². The zero-order valence-corrected chi connectivity index (χ0v) is 43.2. The standard InChI is InChI=1S/C33H78O11Si7/c1-45(2,3)36-23-25-27(40-47(7,8)9)29(42-49(13,14)15)31(44-51(19,20)21)33(38-25)35-22-24-26(39-46(4,5)6)28(41-48(10,11)12)30(32(34)37-24)43-50(16,17)18/h24-34H,22-23H2,1-21H3/t24-,25-,26-,27-,28+,29+,30-,31-,32-,33?/m1/s1. The fourth-order valence-corrected chi connectivity index (χ4v) is 13.1. The molecule has 0 aliphatic carbocycles. The predicted molar refractivity (Wildman–Crippen MR) is 224 cm³/mol. The summed E-state index contributed by atoms with van der Waals surface area (Å²) in [5, 5.41) is 11.5. The molecule has 18 heteroatoms. The van der Waals surface area contributed by atoms with Crippen LogP contribution < -0.4 is 0 Å². The Kier molecular flexibility index (Phi) is 16.7. The molecule has 2 rings (SSSR count). The number of hydrogen-bond acceptors (Lipinski definition) is 11. The predicted octanol–water partition coefficient (Wildman–Crippen LogP) is 7.62. The second kappa shape index (κ2) is 17.7. The minimum atomic E-state index is -2.17. The number of hydrogen-bond donors (Lipinski definition) is 1. The molecule has 2 aliphatic rings. The Hall–Kier alpha value is 1.08. The molecular formula is C33H78O11Si7. The molecule has 2 saturated heterocycles. The molecule has 0 amide bonds. The van der Waals surface area contributed by atoms with Crippen molar-refractivity contribution < 1.29 is 50.3 Å². The molecule has 2 heterocycles. The Morgan fingerprint density at radius 1 is 0.373 bits per heavy atom. The highest BCUT2D eigenvalue weighted by molar-refractivity contribution is 6.72. The largest absolute Gasteiger partial charge is 0.415 e. The number of aliphatic hydroxyl groups is 1. The first-order chi connectivity index (χ1) is 22.5. The zero-order chi connectivity index (χ0) is 39.8. The van der Waals surface area contributed by atoms with Crippen molar-refractivity contribution in [2.24, 2.45) is 0 Å². The molecule has 1 unspecified atom stereocenters. The molecule has 304 valence electrons. The smallest absolute Gasteiger partial charge is 0.185 e. The fraction of sp³-hybridized carbons (Fsp3) is 1.00. The van der Waals surface area contributed by atoms with Crippen LogP contribution in [0.2, 0.25) is 137 Å². The highest BCUT2D eigenvalue weighted by atomic mass is 28.4. The van der Waals surface area contributed by atoms with Gasteiger partial charge in [0.2, 0.25) is 0 Å². The van der Waals surface area contributed by atoms with Gasteiger partial charge < -0.3 is 50.3 Å². The maximum Gasteiger partial charge on any atom is 0.185 e. The summed E-state index contributed by atoms with van der Waals surface area (Å²) in [6.07, 6.45) is -6.28. The van der Waals surface area contributed by atoms with Crippen molar-refractivity contribution in [2.45, 2.75) is 199 Å². The summed E-state index contributed by atoms with van der Waals surface area (Å²) >= 11 is 0. The van der Waals surface area contributed by atoms with Gasteiger partial charge >= 0.3 is 0 Å². The lowest BCUT2D eigenvalue weighted by molar-refractivity contribution is -0.316. The first-order valence-corrected chi connectivity index (χ1v) is 42.7. The van der Waals surface area contributed by atoms with Gasteiger partial charge in [0.1, 0.15) is 48.8 Å². The molecule has 0 spiro atoms. The van der Waals surface area contributed by atoms with Gasteiger partial charge in [0.05, 0.1) is 13.2 Å². The van der Waals surface area contributed by atoms with E-state index in [4.69, 9.17) is 45.2 Å². The molecular weight excluding hydrogens is 769 g/mol. The lowest BCUT2D eigenvalue weighted by Crippen LogP contribution is -2.68. The molecule has 1 N–H and O–H groups in total. The second-order valence-corrected chi connectivity index (χ2v) is 52.3. The van der Waals surface area contributed by atoms with Crippen molar-refractivity contribution in [1.82, 2.24) is 0 Å². The molecule has 0 radical (unpaired) electrons. The van der Waals surface area contributed by atoms with Gasteiger partial charge in [-0.2, -0.15) is 0 Å². The van der Waals surface area contributed by atoms with Gasteiger partial charge in [0.25, 0.3) is 0 Å². The Balaban J connectivity index is 2.64. The van der Waals surface area contributed by atoms with Gasteiger partial charge in [-0.05, 0) is 137 Å². The Morgan fingerprint density at radius 2 is 0.686 bits per heavy atom. The third-order valence-electron chi connectivity index (χ3n) is 7.24. The van der Waals surface area contributed by atoms with Crippen LogP contribution in [0.25, 0.3) is 0 Å². The van der Waals surface area contributed by atoms with E-state index in [0.717, 1.165) is 0 Å². The van der Waals surface area contributed by atoms with E-state index in [1.54, 1.807) is 0 Å². The van der Waals surface area contributed by atoms with Gasteiger partial charge in [0.15, 0.2) is 70.8 Å². The highest BCUT2D eigenvalue weighted by Crippen LogP contribution is 2.37. The lowest BCUT2D eigenvalue weighted by Gasteiger charge is -2.52. The van der Waals surface area contributed by atoms with E-state index in [1.807, 2.05) is 0 Å². The fourth-order valence-electron chi connectivity index (χ4n) is 5.95. The van der Waals surface area contributed by atoms with Crippen LogP contribution in [0, 0.1) is 0 Å². The zero-order valence-electron chi connectivity index (χ0n) is 36.2. The quantitative estimate of drug-likeness (QED) is 0.138. The van der Waals surface area contributed by atoms with E-state index in [-0.39, 0.29) is 6.61 Å². The van der Waals surface area contributed by atoms with Gasteiger partial charge in [-0.1, -0.05) is 0 Å². The van der Waals surface area contributed by atoms with Gasteiger partial charge in [-0.3, -0.25) is 0 Å². The van der Waals surface area contributed by atoms with Crippen molar-refractivity contribution in [2.75, 3.05) is 13.2 Å². The molecule has 2 fully saturated rings. The molecule has 51 heavy (non-hydrogen) atoms. The van der Waals surface area contributed by atoms with Crippen molar-refractivity contribution in [3.63, 3.8) is 0 Å². The molecule has 0 aromatic rings. The average Bonchev–Trinajstić information content (AvgIpc) is 2.84. The Bertz CT molecular complexity index is 1070. The van der Waals surface area contributed by atoms with E-state index in [1.165, 1.54) is 0 Å². The molecule has 11 nitrogen and oxygen atoms in total. The molecule has 2 aliphatic heterocycles. The van der Waals surface area contributed by atoms with Crippen molar-refractivity contribution in [3.8, 4) is 0 Å². The van der Waals surface area contributed by atoms with Gasteiger partial charge in [0, 0.05) is 0 Å². The highest BCUT2D eigenvalue weighted by Gasteiger charge is 2.55. The number of rotatable bonds is 18. The number of ether oxygens (including phenoxy) is 3. The van der Waals surface area contributed by atoms with Crippen molar-refractivity contribution in [1.29, 1.82) is 0 Å². The van der Waals surface area contributed by atoms with Crippen LogP contribution in [-0.4, -0.2) is 138 Å². The first kappa shape index (κ1) is 48.2. The van der Waals surface area contributed by atoms with Crippen LogP contribution in [-0.2, 0) is 45.2 Å². The summed E-state index contributed by atoms with van der Waals surface area (Å²) in [5.41, 5.74) is 0. The Morgan fingerprint density at radius 3 is 1.06 bits per heavy atom. The summed E-state index contributed by atoms with van der Waals surface area (Å²) in [5.74, 6) is 0. The van der Waals surface area contributed by atoms with Crippen molar-refractivity contribution >= 4 is 58.2 Å². The lowest BCUT2D eigenvalue weighted by atomic mass is 9.98. The minimum Gasteiger partial charge on any atom is -0.415 e. The third-order valence-corrected chi connectivity index (χ3v) is 14.2. The maximum absolute atomic E-state index is 11.5.